The predicted octanol–water partition coefficient (Wildman–Crippen LogP) is 4.68. The number of piperazine rings is 1. The van der Waals surface area contributed by atoms with Crippen molar-refractivity contribution in [1.29, 1.82) is 0 Å². The van der Waals surface area contributed by atoms with E-state index in [2.05, 4.69) is 75.1 Å². The van der Waals surface area contributed by atoms with E-state index in [0.717, 1.165) is 31.5 Å². The van der Waals surface area contributed by atoms with E-state index < -0.39 is 5.79 Å². The lowest BCUT2D eigenvalue weighted by atomic mass is 9.94. The summed E-state index contributed by atoms with van der Waals surface area (Å²) in [6.45, 7) is 12.2. The minimum atomic E-state index is -0.640. The Labute approximate surface area is 197 Å². The van der Waals surface area contributed by atoms with Crippen LogP contribution in [0.25, 0.3) is 0 Å². The monoisotopic (exact) mass is 451 g/mol. The topological polar surface area (TPSA) is 68.0 Å². The molecule has 2 aliphatic rings. The Morgan fingerprint density at radius 3 is 2.42 bits per heavy atom. The lowest BCUT2D eigenvalue weighted by Crippen LogP contribution is -2.50. The average Bonchev–Trinajstić information content (AvgIpc) is 3.23. The Kier molecular flexibility index (Phi) is 6.96. The summed E-state index contributed by atoms with van der Waals surface area (Å²) in [5, 5.41) is 0. The van der Waals surface area contributed by atoms with Gasteiger partial charge in [0, 0.05) is 43.9 Å². The van der Waals surface area contributed by atoms with Crippen LogP contribution in [-0.2, 0) is 15.3 Å². The van der Waals surface area contributed by atoms with Gasteiger partial charge in [-0.3, -0.25) is 0 Å². The van der Waals surface area contributed by atoms with E-state index in [-0.39, 0.29) is 12.1 Å². The lowest BCUT2D eigenvalue weighted by molar-refractivity contribution is -0.180. The van der Waals surface area contributed by atoms with Crippen molar-refractivity contribution in [3.63, 3.8) is 0 Å². The maximum absolute atomic E-state index is 11.3. The number of urea groups is 1. The Balaban J connectivity index is 1.37. The van der Waals surface area contributed by atoms with Gasteiger partial charge in [-0.1, -0.05) is 49.7 Å². The number of rotatable bonds is 6. The number of nitrogens with two attached hydrogens (primary N) is 1. The summed E-state index contributed by atoms with van der Waals surface area (Å²) in [7, 11) is 0. The predicted molar refractivity (Wildman–Crippen MR) is 132 cm³/mol. The van der Waals surface area contributed by atoms with Crippen LogP contribution in [0.1, 0.15) is 54.9 Å². The van der Waals surface area contributed by atoms with Crippen molar-refractivity contribution < 1.29 is 14.3 Å². The molecule has 0 aliphatic carbocycles. The fraction of sp³-hybridized carbons (Fsp3) is 0.519. The van der Waals surface area contributed by atoms with Gasteiger partial charge in [0.1, 0.15) is 0 Å². The maximum atomic E-state index is 11.3. The number of carbonyl (C=O) groups excluding carboxylic acids is 1. The molecule has 6 nitrogen and oxygen atoms in total. The smallest absolute Gasteiger partial charge is 0.314 e. The van der Waals surface area contributed by atoms with Gasteiger partial charge in [0.2, 0.25) is 0 Å². The van der Waals surface area contributed by atoms with E-state index in [4.69, 9.17) is 15.2 Å². The number of amides is 2. The van der Waals surface area contributed by atoms with Gasteiger partial charge in [0.25, 0.3) is 0 Å². The van der Waals surface area contributed by atoms with Crippen LogP contribution < -0.4 is 10.6 Å². The zero-order valence-electron chi connectivity index (χ0n) is 20.3. The second kappa shape index (κ2) is 9.74. The molecule has 0 spiro atoms. The molecule has 2 aliphatic heterocycles. The van der Waals surface area contributed by atoms with Crippen molar-refractivity contribution in [2.24, 2.45) is 5.73 Å². The number of primary amides is 1. The highest BCUT2D eigenvalue weighted by molar-refractivity contribution is 5.72. The van der Waals surface area contributed by atoms with Crippen LogP contribution in [0.2, 0.25) is 0 Å². The fourth-order valence-corrected chi connectivity index (χ4v) is 5.17. The van der Waals surface area contributed by atoms with Crippen LogP contribution in [0.4, 0.5) is 10.5 Å². The zero-order valence-corrected chi connectivity index (χ0v) is 20.3. The number of anilines is 1. The standard InChI is InChI=1S/C27H37N3O3/c1-5-27(25-11-6-19(2)16-21(25)4)32-18-24(33-27)17-20(3)22-7-9-23(10-8-22)29-12-14-30(15-13-29)26(28)31/h6-11,16,20,24H,5,12-15,17-18H2,1-4H3,(H2,28,31). The molecule has 0 radical (unpaired) electrons. The molecule has 33 heavy (non-hydrogen) atoms. The van der Waals surface area contributed by atoms with Gasteiger partial charge in [-0.05, 0) is 49.4 Å². The van der Waals surface area contributed by atoms with E-state index in [1.165, 1.54) is 22.4 Å². The summed E-state index contributed by atoms with van der Waals surface area (Å²) in [4.78, 5) is 15.3. The molecule has 6 heteroatoms. The summed E-state index contributed by atoms with van der Waals surface area (Å²) < 4.78 is 12.9. The molecule has 2 aromatic carbocycles. The Morgan fingerprint density at radius 2 is 1.82 bits per heavy atom. The van der Waals surface area contributed by atoms with Crippen LogP contribution in [0, 0.1) is 13.8 Å². The van der Waals surface area contributed by atoms with E-state index in [0.29, 0.717) is 25.6 Å². The first-order valence-corrected chi connectivity index (χ1v) is 12.1. The van der Waals surface area contributed by atoms with Gasteiger partial charge in [0.15, 0.2) is 5.79 Å². The number of nitrogens with zero attached hydrogens (tertiary/aromatic N) is 2. The Bertz CT molecular complexity index is 969. The highest BCUT2D eigenvalue weighted by Crippen LogP contribution is 2.41. The molecule has 3 unspecified atom stereocenters. The van der Waals surface area contributed by atoms with E-state index in [9.17, 15) is 4.79 Å². The van der Waals surface area contributed by atoms with Crippen molar-refractivity contribution in [1.82, 2.24) is 4.90 Å². The number of carbonyl (C=O) groups is 1. The second-order valence-corrected chi connectivity index (χ2v) is 9.52. The third-order valence-corrected chi connectivity index (χ3v) is 7.15. The summed E-state index contributed by atoms with van der Waals surface area (Å²) in [6.07, 6.45) is 1.78. The lowest BCUT2D eigenvalue weighted by Gasteiger charge is -2.35. The van der Waals surface area contributed by atoms with Crippen LogP contribution in [0.15, 0.2) is 42.5 Å². The summed E-state index contributed by atoms with van der Waals surface area (Å²) >= 11 is 0. The minimum Gasteiger partial charge on any atom is -0.368 e. The molecular formula is C27H37N3O3. The van der Waals surface area contributed by atoms with Gasteiger partial charge in [0.05, 0.1) is 12.7 Å². The zero-order chi connectivity index (χ0) is 23.6. The third kappa shape index (κ3) is 5.02. The van der Waals surface area contributed by atoms with Crippen LogP contribution in [0.5, 0.6) is 0 Å². The largest absolute Gasteiger partial charge is 0.368 e. The number of ether oxygens (including phenoxy) is 2. The normalized spacial score (nSPS) is 24.2. The molecule has 4 rings (SSSR count). The number of hydrogen-bond acceptors (Lipinski definition) is 4. The van der Waals surface area contributed by atoms with E-state index in [1.807, 2.05) is 0 Å². The molecule has 2 fully saturated rings. The quantitative estimate of drug-likeness (QED) is 0.693. The highest BCUT2D eigenvalue weighted by atomic mass is 16.7. The minimum absolute atomic E-state index is 0.0715. The molecule has 0 saturated carbocycles. The number of hydrogen-bond donors (Lipinski definition) is 1. The van der Waals surface area contributed by atoms with E-state index >= 15 is 0 Å². The molecule has 2 aromatic rings. The summed E-state index contributed by atoms with van der Waals surface area (Å²) in [6, 6.07) is 15.0. The maximum Gasteiger partial charge on any atom is 0.314 e. The van der Waals surface area contributed by atoms with Crippen molar-refractivity contribution in [3.05, 3.63) is 64.7 Å². The van der Waals surface area contributed by atoms with Gasteiger partial charge in [-0.25, -0.2) is 4.79 Å². The van der Waals surface area contributed by atoms with Crippen molar-refractivity contribution in [2.45, 2.75) is 58.3 Å². The molecule has 2 saturated heterocycles. The first-order chi connectivity index (χ1) is 15.8. The third-order valence-electron chi connectivity index (χ3n) is 7.15. The number of aryl methyl sites for hydroxylation is 2. The van der Waals surface area contributed by atoms with Crippen molar-refractivity contribution in [3.8, 4) is 0 Å². The van der Waals surface area contributed by atoms with Crippen LogP contribution >= 0.6 is 0 Å². The van der Waals surface area contributed by atoms with Gasteiger partial charge in [-0.15, -0.1) is 0 Å². The average molecular weight is 452 g/mol. The van der Waals surface area contributed by atoms with E-state index in [1.54, 1.807) is 4.90 Å². The second-order valence-electron chi connectivity index (χ2n) is 9.52. The molecule has 2 heterocycles. The Hall–Kier alpha value is -2.57. The van der Waals surface area contributed by atoms with Crippen LogP contribution in [-0.4, -0.2) is 49.8 Å². The van der Waals surface area contributed by atoms with Crippen molar-refractivity contribution in [2.75, 3.05) is 37.7 Å². The number of benzene rings is 2. The molecule has 2 N–H and O–H groups in total. The molecule has 3 atom stereocenters. The Morgan fingerprint density at radius 1 is 1.12 bits per heavy atom. The molecule has 2 amide bonds. The van der Waals surface area contributed by atoms with Gasteiger partial charge in [-0.2, -0.15) is 0 Å². The van der Waals surface area contributed by atoms with Gasteiger partial charge < -0.3 is 25.0 Å². The molecule has 0 bridgehead atoms. The van der Waals surface area contributed by atoms with Crippen LogP contribution in [0.3, 0.4) is 0 Å². The highest BCUT2D eigenvalue weighted by Gasteiger charge is 2.42. The van der Waals surface area contributed by atoms with Crippen molar-refractivity contribution >= 4 is 11.7 Å². The van der Waals surface area contributed by atoms with Gasteiger partial charge >= 0.3 is 6.03 Å². The molecule has 0 aromatic heterocycles. The molecular weight excluding hydrogens is 414 g/mol. The fourth-order valence-electron chi connectivity index (χ4n) is 5.17. The summed E-state index contributed by atoms with van der Waals surface area (Å²) in [5.74, 6) is -0.273. The SMILES string of the molecule is CCC1(c2ccc(C)cc2C)OCC(CC(C)c2ccc(N3CCN(C(N)=O)CC3)cc2)O1. The summed E-state index contributed by atoms with van der Waals surface area (Å²) in [5.41, 5.74) is 11.5. The first kappa shape index (κ1) is 23.6. The molecule has 178 valence electrons. The first-order valence-electron chi connectivity index (χ1n) is 12.1.